The summed E-state index contributed by atoms with van der Waals surface area (Å²) in [5.41, 5.74) is 14.4. The van der Waals surface area contributed by atoms with Gasteiger partial charge in [-0.2, -0.15) is 0 Å². The molecule has 0 saturated heterocycles. The quantitative estimate of drug-likeness (QED) is 0.178. The fourth-order valence-electron chi connectivity index (χ4n) is 10.0. The Bertz CT molecular complexity index is 4060. The van der Waals surface area contributed by atoms with Crippen LogP contribution in [0.5, 0.6) is 0 Å². The molecule has 0 amide bonds. The summed E-state index contributed by atoms with van der Waals surface area (Å²) in [5.74, 6) is 0.649. The maximum absolute atomic E-state index is 5.51. The van der Waals surface area contributed by atoms with Gasteiger partial charge in [-0.1, -0.05) is 133 Å². The van der Waals surface area contributed by atoms with E-state index in [4.69, 9.17) is 9.97 Å². The molecule has 14 aromatic rings. The Morgan fingerprint density at radius 2 is 0.967 bits per heavy atom. The minimum Gasteiger partial charge on any atom is -0.306 e. The Labute approximate surface area is 346 Å². The van der Waals surface area contributed by atoms with Crippen molar-refractivity contribution in [3.63, 3.8) is 0 Å². The molecule has 278 valence electrons. The first-order valence-electron chi connectivity index (χ1n) is 20.3. The van der Waals surface area contributed by atoms with Gasteiger partial charge in [-0.25, -0.2) is 9.97 Å². The van der Waals surface area contributed by atoms with Crippen LogP contribution in [0, 0.1) is 0 Å². The van der Waals surface area contributed by atoms with Crippen molar-refractivity contribution in [3.05, 3.63) is 188 Å². The summed E-state index contributed by atoms with van der Waals surface area (Å²) in [4.78, 5) is 11.0. The van der Waals surface area contributed by atoms with Gasteiger partial charge in [-0.05, 0) is 65.7 Å². The lowest BCUT2D eigenvalue weighted by molar-refractivity contribution is 1.01. The first-order valence-corrected chi connectivity index (χ1v) is 21.2. The van der Waals surface area contributed by atoms with Crippen LogP contribution in [0.3, 0.4) is 0 Å². The van der Waals surface area contributed by atoms with Crippen molar-refractivity contribution in [1.29, 1.82) is 0 Å². The van der Waals surface area contributed by atoms with Gasteiger partial charge in [0.15, 0.2) is 0 Å². The number of para-hydroxylation sites is 4. The first-order chi connectivity index (χ1) is 29.8. The fourth-order valence-corrected chi connectivity index (χ4v) is 11.3. The molecule has 0 aliphatic rings. The molecule has 0 N–H and O–H groups in total. The van der Waals surface area contributed by atoms with Crippen molar-refractivity contribution in [2.75, 3.05) is 0 Å². The van der Waals surface area contributed by atoms with Crippen LogP contribution in [-0.2, 0) is 0 Å². The molecule has 0 aliphatic carbocycles. The maximum atomic E-state index is 5.51. The van der Waals surface area contributed by atoms with E-state index in [1.54, 1.807) is 0 Å². The lowest BCUT2D eigenvalue weighted by Gasteiger charge is -2.13. The molecule has 6 aromatic heterocycles. The molecular formula is C54H31N5S. The number of hydrogen-bond donors (Lipinski definition) is 0. The van der Waals surface area contributed by atoms with Crippen LogP contribution in [0.25, 0.3) is 125 Å². The van der Waals surface area contributed by atoms with E-state index >= 15 is 0 Å². The van der Waals surface area contributed by atoms with E-state index in [-0.39, 0.29) is 0 Å². The second kappa shape index (κ2) is 11.9. The normalized spacial score (nSPS) is 12.3. The number of thiophene rings is 1. The number of aromatic nitrogens is 5. The van der Waals surface area contributed by atoms with E-state index in [9.17, 15) is 0 Å². The molecule has 0 aliphatic heterocycles. The number of benzene rings is 8. The summed E-state index contributed by atoms with van der Waals surface area (Å²) >= 11 is 1.90. The van der Waals surface area contributed by atoms with Crippen LogP contribution >= 0.6 is 11.3 Å². The Hall–Kier alpha value is -7.80. The molecule has 0 spiro atoms. The summed E-state index contributed by atoms with van der Waals surface area (Å²) in [5, 5.41) is 8.64. The Balaban J connectivity index is 1.00. The summed E-state index contributed by atoms with van der Waals surface area (Å²) in [6.45, 7) is 0. The summed E-state index contributed by atoms with van der Waals surface area (Å²) < 4.78 is 9.77. The number of fused-ring (bicyclic) bond motifs is 14. The smallest absolute Gasteiger partial charge is 0.235 e. The van der Waals surface area contributed by atoms with Crippen molar-refractivity contribution >= 4 is 103 Å². The molecule has 5 nitrogen and oxygen atoms in total. The lowest BCUT2D eigenvalue weighted by atomic mass is 10.0. The average Bonchev–Trinajstić information content (AvgIpc) is 4.11. The predicted octanol–water partition coefficient (Wildman–Crippen LogP) is 14.4. The van der Waals surface area contributed by atoms with Gasteiger partial charge in [0.1, 0.15) is 11.2 Å². The highest BCUT2D eigenvalue weighted by Gasteiger charge is 2.24. The minimum absolute atomic E-state index is 0.649. The lowest BCUT2D eigenvalue weighted by Crippen LogP contribution is -2.04. The van der Waals surface area contributed by atoms with Gasteiger partial charge >= 0.3 is 0 Å². The van der Waals surface area contributed by atoms with Crippen LogP contribution in [-0.4, -0.2) is 23.5 Å². The van der Waals surface area contributed by atoms with Gasteiger partial charge in [0.2, 0.25) is 5.95 Å². The minimum atomic E-state index is 0.649. The van der Waals surface area contributed by atoms with Crippen molar-refractivity contribution in [2.45, 2.75) is 0 Å². The topological polar surface area (TPSA) is 40.1 Å². The highest BCUT2D eigenvalue weighted by atomic mass is 32.1. The molecule has 60 heavy (non-hydrogen) atoms. The molecule has 0 radical (unpaired) electrons. The highest BCUT2D eigenvalue weighted by molar-refractivity contribution is 7.26. The van der Waals surface area contributed by atoms with Crippen molar-refractivity contribution in [2.24, 2.45) is 0 Å². The largest absolute Gasteiger partial charge is 0.306 e. The van der Waals surface area contributed by atoms with Gasteiger partial charge in [0.05, 0.1) is 43.3 Å². The van der Waals surface area contributed by atoms with Crippen LogP contribution < -0.4 is 0 Å². The van der Waals surface area contributed by atoms with Gasteiger partial charge in [-0.15, -0.1) is 11.3 Å². The van der Waals surface area contributed by atoms with Crippen LogP contribution in [0.2, 0.25) is 0 Å². The van der Waals surface area contributed by atoms with E-state index < -0.39 is 0 Å². The SMILES string of the molecule is c1ccc(-c2nc(-n3c4ccccc4c4cc(-c5ccc6c(c5)c5cccc7c8sc9ccccc9c8n6c57)ccc43)nc3c4ccccc4n(-c4ccccc4)c23)cc1. The summed E-state index contributed by atoms with van der Waals surface area (Å²) in [7, 11) is 0. The number of hydrogen-bond acceptors (Lipinski definition) is 3. The molecule has 6 heteroatoms. The van der Waals surface area contributed by atoms with Crippen LogP contribution in [0.1, 0.15) is 0 Å². The molecule has 0 fully saturated rings. The number of nitrogens with zero attached hydrogens (tertiary/aromatic N) is 5. The molecule has 0 atom stereocenters. The standard InChI is InChI=1S/C54H31N5S/c1-3-14-32(15-4-1)48-52-49(38-19-8-11-24-44(38)57(52)35-16-5-2-6-17-35)56-54(55-48)58-43-23-10-7-18-36(43)41-30-33(26-28-45(41)58)34-27-29-46-42(31-34)37-21-13-22-40-50(37)59(46)51-39-20-9-12-25-47(39)60-53(40)51/h1-31H. The van der Waals surface area contributed by atoms with E-state index in [1.807, 2.05) is 11.3 Å². The third-order valence-corrected chi connectivity index (χ3v) is 13.8. The first kappa shape index (κ1) is 32.2. The van der Waals surface area contributed by atoms with E-state index in [0.29, 0.717) is 5.95 Å². The van der Waals surface area contributed by atoms with Crippen LogP contribution in [0.4, 0.5) is 0 Å². The Kier molecular flexibility index (Phi) is 6.38. The zero-order valence-electron chi connectivity index (χ0n) is 32.0. The zero-order valence-corrected chi connectivity index (χ0v) is 32.9. The van der Waals surface area contributed by atoms with Gasteiger partial charge in [0, 0.05) is 53.7 Å². The highest BCUT2D eigenvalue weighted by Crippen LogP contribution is 2.46. The van der Waals surface area contributed by atoms with Gasteiger partial charge in [0.25, 0.3) is 0 Å². The van der Waals surface area contributed by atoms with Crippen molar-refractivity contribution < 1.29 is 0 Å². The van der Waals surface area contributed by atoms with E-state index in [1.165, 1.54) is 69.4 Å². The predicted molar refractivity (Wildman–Crippen MR) is 252 cm³/mol. The molecule has 14 rings (SSSR count). The number of rotatable bonds is 4. The molecule has 8 aromatic carbocycles. The van der Waals surface area contributed by atoms with Crippen molar-refractivity contribution in [1.82, 2.24) is 23.5 Å². The van der Waals surface area contributed by atoms with Gasteiger partial charge < -0.3 is 8.97 Å². The molecule has 0 unspecified atom stereocenters. The zero-order chi connectivity index (χ0) is 39.1. The molecular weight excluding hydrogens is 751 g/mol. The summed E-state index contributed by atoms with van der Waals surface area (Å²) in [6.07, 6.45) is 0. The molecule has 6 heterocycles. The second-order valence-electron chi connectivity index (χ2n) is 15.8. The molecule has 0 bridgehead atoms. The van der Waals surface area contributed by atoms with E-state index in [2.05, 4.69) is 202 Å². The van der Waals surface area contributed by atoms with Crippen molar-refractivity contribution in [3.8, 4) is 34.0 Å². The van der Waals surface area contributed by atoms with Crippen LogP contribution in [0.15, 0.2) is 188 Å². The third kappa shape index (κ3) is 4.24. The second-order valence-corrected chi connectivity index (χ2v) is 16.8. The molecule has 0 saturated carbocycles. The monoisotopic (exact) mass is 781 g/mol. The third-order valence-electron chi connectivity index (χ3n) is 12.6. The maximum Gasteiger partial charge on any atom is 0.235 e. The Morgan fingerprint density at radius 3 is 1.77 bits per heavy atom. The van der Waals surface area contributed by atoms with Gasteiger partial charge in [-0.3, -0.25) is 4.57 Å². The summed E-state index contributed by atoms with van der Waals surface area (Å²) in [6, 6.07) is 67.8. The average molecular weight is 782 g/mol. The fraction of sp³-hybridized carbons (Fsp3) is 0. The Morgan fingerprint density at radius 1 is 0.367 bits per heavy atom. The van der Waals surface area contributed by atoms with E-state index in [0.717, 1.165) is 49.9 Å².